The van der Waals surface area contributed by atoms with Crippen molar-refractivity contribution in [2.24, 2.45) is 0 Å². The second kappa shape index (κ2) is 19.4. The monoisotopic (exact) mass is 306 g/mol. The second-order valence-electron chi connectivity index (χ2n) is 5.32. The summed E-state index contributed by atoms with van der Waals surface area (Å²) >= 11 is 0. The molecule has 0 aromatic heterocycles. The highest BCUT2D eigenvalue weighted by Crippen LogP contribution is 2.07. The van der Waals surface area contributed by atoms with Gasteiger partial charge in [0.25, 0.3) is 0 Å². The summed E-state index contributed by atoms with van der Waals surface area (Å²) in [5.74, 6) is -0.663. The number of carboxylic acids is 1. The zero-order chi connectivity index (χ0) is 16.3. The van der Waals surface area contributed by atoms with Crippen LogP contribution in [0.2, 0.25) is 0 Å². The summed E-state index contributed by atoms with van der Waals surface area (Å²) in [5.41, 5.74) is 0. The third-order valence-corrected chi connectivity index (χ3v) is 3.15. The normalized spacial score (nSPS) is 11.6. The van der Waals surface area contributed by atoms with Crippen LogP contribution >= 0.6 is 0 Å². The molecule has 0 saturated heterocycles. The van der Waals surface area contributed by atoms with Crippen LogP contribution in [0.5, 0.6) is 0 Å². The Morgan fingerprint density at radius 2 is 1.48 bits per heavy atom. The average Bonchev–Trinajstić information content (AvgIpc) is 2.47. The van der Waals surface area contributed by atoms with Crippen molar-refractivity contribution in [3.05, 3.63) is 0 Å². The Hall–Kier alpha value is -0.650. The van der Waals surface area contributed by atoms with Crippen LogP contribution in [0.1, 0.15) is 77.6 Å². The van der Waals surface area contributed by atoms with Crippen molar-refractivity contribution in [1.29, 1.82) is 0 Å². The van der Waals surface area contributed by atoms with E-state index >= 15 is 0 Å². The van der Waals surface area contributed by atoms with Gasteiger partial charge in [0.2, 0.25) is 0 Å². The molecule has 0 aliphatic carbocycles. The number of carbonyl (C=O) groups is 1. The molecule has 0 aromatic rings. The molecule has 0 aromatic carbocycles. The van der Waals surface area contributed by atoms with Crippen LogP contribution in [0, 0.1) is 0 Å². The minimum Gasteiger partial charge on any atom is -0.481 e. The fraction of sp³-hybridized carbons (Fsp3) is 0.938. The van der Waals surface area contributed by atoms with E-state index in [4.69, 9.17) is 20.4 Å². The third kappa shape index (κ3) is 24.7. The smallest absolute Gasteiger partial charge is 0.303 e. The molecule has 0 spiro atoms. The van der Waals surface area contributed by atoms with E-state index < -0.39 is 12.1 Å². The Bertz CT molecular complexity index is 209. The molecule has 1 unspecified atom stereocenters. The zero-order valence-electron chi connectivity index (χ0n) is 13.5. The maximum Gasteiger partial charge on any atom is 0.303 e. The Labute approximate surface area is 129 Å². The molecule has 0 bridgehead atoms. The van der Waals surface area contributed by atoms with Crippen LogP contribution in [0.15, 0.2) is 0 Å². The van der Waals surface area contributed by atoms with Crippen molar-refractivity contribution < 1.29 is 25.2 Å². The highest BCUT2D eigenvalue weighted by Gasteiger charge is 1.99. The van der Waals surface area contributed by atoms with Gasteiger partial charge in [-0.2, -0.15) is 0 Å². The van der Waals surface area contributed by atoms with Crippen molar-refractivity contribution in [1.82, 2.24) is 0 Å². The van der Waals surface area contributed by atoms with Crippen LogP contribution in [-0.4, -0.2) is 45.7 Å². The van der Waals surface area contributed by atoms with Crippen LogP contribution in [0.25, 0.3) is 0 Å². The molecule has 0 saturated carbocycles. The van der Waals surface area contributed by atoms with Gasteiger partial charge in [0, 0.05) is 13.0 Å². The van der Waals surface area contributed by atoms with E-state index in [0.29, 0.717) is 19.3 Å². The van der Waals surface area contributed by atoms with Gasteiger partial charge < -0.3 is 20.4 Å². The topological polar surface area (TPSA) is 98.0 Å². The molecule has 5 nitrogen and oxygen atoms in total. The predicted molar refractivity (Wildman–Crippen MR) is 84.3 cm³/mol. The fourth-order valence-electron chi connectivity index (χ4n) is 1.82. The van der Waals surface area contributed by atoms with E-state index in [0.717, 1.165) is 19.3 Å². The summed E-state index contributed by atoms with van der Waals surface area (Å²) in [5, 5.41) is 33.7. The maximum absolute atomic E-state index is 10.1. The van der Waals surface area contributed by atoms with Crippen molar-refractivity contribution in [2.45, 2.75) is 83.7 Å². The molecule has 0 heterocycles. The number of carboxylic acid groups (broad SMARTS) is 1. The quantitative estimate of drug-likeness (QED) is 0.392. The third-order valence-electron chi connectivity index (χ3n) is 3.15. The molecule has 0 aliphatic rings. The van der Waals surface area contributed by atoms with Gasteiger partial charge in [0.15, 0.2) is 0 Å². The molecular formula is C16H34O5. The molecule has 5 heteroatoms. The molecular weight excluding hydrogens is 272 g/mol. The highest BCUT2D eigenvalue weighted by molar-refractivity contribution is 5.66. The van der Waals surface area contributed by atoms with Gasteiger partial charge in [-0.3, -0.25) is 4.79 Å². The van der Waals surface area contributed by atoms with Gasteiger partial charge in [0.05, 0.1) is 12.7 Å². The summed E-state index contributed by atoms with van der Waals surface area (Å²) in [4.78, 5) is 10.1. The summed E-state index contributed by atoms with van der Waals surface area (Å²) < 4.78 is 0. The molecule has 0 aliphatic heterocycles. The van der Waals surface area contributed by atoms with Gasteiger partial charge in [-0.25, -0.2) is 0 Å². The fourth-order valence-corrected chi connectivity index (χ4v) is 1.82. The van der Waals surface area contributed by atoms with Gasteiger partial charge >= 0.3 is 5.97 Å². The van der Waals surface area contributed by atoms with E-state index in [-0.39, 0.29) is 13.2 Å². The van der Waals surface area contributed by atoms with E-state index in [2.05, 4.69) is 6.92 Å². The van der Waals surface area contributed by atoms with E-state index in [9.17, 15) is 4.79 Å². The number of unbranched alkanes of at least 4 members (excludes halogenated alkanes) is 7. The van der Waals surface area contributed by atoms with E-state index in [1.807, 2.05) is 0 Å². The van der Waals surface area contributed by atoms with Gasteiger partial charge in [-0.15, -0.1) is 0 Å². The molecule has 0 radical (unpaired) electrons. The van der Waals surface area contributed by atoms with Gasteiger partial charge in [-0.1, -0.05) is 45.4 Å². The Morgan fingerprint density at radius 3 is 1.95 bits per heavy atom. The summed E-state index contributed by atoms with van der Waals surface area (Å²) in [6, 6.07) is 0. The average molecular weight is 306 g/mol. The lowest BCUT2D eigenvalue weighted by Gasteiger charge is -2.03. The summed E-state index contributed by atoms with van der Waals surface area (Å²) in [7, 11) is 0. The van der Waals surface area contributed by atoms with Crippen LogP contribution < -0.4 is 0 Å². The first-order valence-electron chi connectivity index (χ1n) is 8.20. The highest BCUT2D eigenvalue weighted by atomic mass is 16.4. The predicted octanol–water partition coefficient (Wildman–Crippen LogP) is 2.71. The molecule has 4 N–H and O–H groups in total. The molecule has 128 valence electrons. The lowest BCUT2D eigenvalue weighted by Crippen LogP contribution is -2.11. The first kappa shape index (κ1) is 22.6. The van der Waals surface area contributed by atoms with Crippen molar-refractivity contribution in [2.75, 3.05) is 13.2 Å². The van der Waals surface area contributed by atoms with Crippen LogP contribution in [-0.2, 0) is 4.79 Å². The lowest BCUT2D eigenvalue weighted by atomic mass is 10.1. The number of aliphatic hydroxyl groups excluding tert-OH is 3. The number of hydrogen-bond acceptors (Lipinski definition) is 4. The summed E-state index contributed by atoms with van der Waals surface area (Å²) in [6.45, 7) is 2.19. The number of hydrogen-bond donors (Lipinski definition) is 4. The van der Waals surface area contributed by atoms with E-state index in [1.54, 1.807) is 0 Å². The minimum atomic E-state index is -0.663. The first-order valence-corrected chi connectivity index (χ1v) is 8.20. The van der Waals surface area contributed by atoms with Crippen molar-refractivity contribution >= 4 is 5.97 Å². The van der Waals surface area contributed by atoms with Gasteiger partial charge in [-0.05, 0) is 25.7 Å². The molecule has 0 amide bonds. The first-order chi connectivity index (χ1) is 10.1. The minimum absolute atomic E-state index is 0.165. The van der Waals surface area contributed by atoms with Crippen LogP contribution in [0.4, 0.5) is 0 Å². The number of aliphatic hydroxyl groups is 3. The standard InChI is InChI=1S/C10H20O2.C6H14O3/c1-2-3-4-5-6-7-8-9-10(11)12;7-4-2-1-3-6(9)5-8/h2-9H2,1H3,(H,11,12);6-9H,1-5H2. The maximum atomic E-state index is 10.1. The lowest BCUT2D eigenvalue weighted by molar-refractivity contribution is -0.137. The SMILES string of the molecule is CCCCCCCCCC(=O)O.OCCCCC(O)CO. The second-order valence-corrected chi connectivity index (χ2v) is 5.32. The Balaban J connectivity index is 0. The largest absolute Gasteiger partial charge is 0.481 e. The van der Waals surface area contributed by atoms with Crippen molar-refractivity contribution in [3.8, 4) is 0 Å². The summed E-state index contributed by atoms with van der Waals surface area (Å²) in [6.07, 6.45) is 10.1. The van der Waals surface area contributed by atoms with E-state index in [1.165, 1.54) is 32.1 Å². The van der Waals surface area contributed by atoms with Gasteiger partial charge in [0.1, 0.15) is 0 Å². The Morgan fingerprint density at radius 1 is 0.905 bits per heavy atom. The Kier molecular flexibility index (Phi) is 20.9. The molecule has 21 heavy (non-hydrogen) atoms. The molecule has 0 rings (SSSR count). The van der Waals surface area contributed by atoms with Crippen molar-refractivity contribution in [3.63, 3.8) is 0 Å². The molecule has 1 atom stereocenters. The zero-order valence-corrected chi connectivity index (χ0v) is 13.5. The van der Waals surface area contributed by atoms with Crippen LogP contribution in [0.3, 0.4) is 0 Å². The molecule has 0 fully saturated rings. The number of rotatable bonds is 13. The number of aliphatic carboxylic acids is 1.